The Kier molecular flexibility index (Phi) is 4.76. The average molecular weight is 439 g/mol. The van der Waals surface area contributed by atoms with Gasteiger partial charge >= 0.3 is 0 Å². The molecule has 156 valence electrons. The largest absolute Gasteiger partial charge is 0.455 e. The zero-order valence-electron chi connectivity index (χ0n) is 17.5. The van der Waals surface area contributed by atoms with Crippen molar-refractivity contribution >= 4 is 50.3 Å². The van der Waals surface area contributed by atoms with Gasteiger partial charge in [0.2, 0.25) is 0 Å². The molecule has 0 atom stereocenters. The van der Waals surface area contributed by atoms with Crippen molar-refractivity contribution in [2.75, 3.05) is 6.54 Å². The highest BCUT2D eigenvalue weighted by atomic mass is 32.1. The Morgan fingerprint density at radius 1 is 1.09 bits per heavy atom. The molecule has 5 rings (SSSR count). The van der Waals surface area contributed by atoms with Crippen molar-refractivity contribution < 1.29 is 14.0 Å². The van der Waals surface area contributed by atoms with Gasteiger partial charge in [-0.25, -0.2) is 0 Å². The number of carbonyl (C=O) groups is 2. The summed E-state index contributed by atoms with van der Waals surface area (Å²) in [6.45, 7) is 3.58. The summed E-state index contributed by atoms with van der Waals surface area (Å²) >= 11 is 1.50. The number of fused-ring (bicyclic) bond motifs is 2. The maximum atomic E-state index is 12.8. The standard InChI is InChI=1S/C26H18N2O3S/c1-3-28-25(29)20(15(2)21(14-27)26(28)30)11-17-12-23-24(32-17)13-22(31-23)19-10-6-8-16-7-4-5-9-18(16)19/h4-13H,3H2,1-2H3/b20-11-. The molecule has 0 unspecified atom stereocenters. The van der Waals surface area contributed by atoms with E-state index in [1.807, 2.05) is 42.5 Å². The zero-order valence-corrected chi connectivity index (χ0v) is 18.3. The minimum Gasteiger partial charge on any atom is -0.455 e. The molecule has 2 aromatic heterocycles. The van der Waals surface area contributed by atoms with E-state index in [-0.39, 0.29) is 18.0 Å². The zero-order chi connectivity index (χ0) is 22.4. The van der Waals surface area contributed by atoms with E-state index in [2.05, 4.69) is 18.2 Å². The molecule has 4 aromatic rings. The number of benzene rings is 2. The number of thiophene rings is 1. The second-order valence-electron chi connectivity index (χ2n) is 7.54. The SMILES string of the molecule is CCN1C(=O)C(C#N)=C(C)/C(=C/c2cc3oc(-c4cccc5ccccc45)cc3s2)C1=O. The van der Waals surface area contributed by atoms with Gasteiger partial charge in [0.1, 0.15) is 23.0 Å². The molecule has 0 spiro atoms. The molecule has 5 nitrogen and oxygen atoms in total. The molecule has 0 aliphatic carbocycles. The van der Waals surface area contributed by atoms with E-state index in [0.717, 1.165) is 42.2 Å². The topological polar surface area (TPSA) is 74.3 Å². The third-order valence-corrected chi connectivity index (χ3v) is 6.72. The monoisotopic (exact) mass is 438 g/mol. The summed E-state index contributed by atoms with van der Waals surface area (Å²) in [5, 5.41) is 11.7. The number of amides is 2. The van der Waals surface area contributed by atoms with E-state index in [1.165, 1.54) is 11.3 Å². The molecule has 1 aliphatic heterocycles. The van der Waals surface area contributed by atoms with Crippen LogP contribution in [-0.4, -0.2) is 23.3 Å². The van der Waals surface area contributed by atoms with Crippen molar-refractivity contribution in [2.45, 2.75) is 13.8 Å². The summed E-state index contributed by atoms with van der Waals surface area (Å²) in [6, 6.07) is 20.2. The summed E-state index contributed by atoms with van der Waals surface area (Å²) in [5.74, 6) is -0.119. The van der Waals surface area contributed by atoms with E-state index in [4.69, 9.17) is 4.42 Å². The summed E-state index contributed by atoms with van der Waals surface area (Å²) in [4.78, 5) is 27.1. The van der Waals surface area contributed by atoms with Gasteiger partial charge < -0.3 is 4.42 Å². The Bertz CT molecular complexity index is 1490. The number of nitriles is 1. The molecule has 3 heterocycles. The predicted octanol–water partition coefficient (Wildman–Crippen LogP) is 5.93. The smallest absolute Gasteiger partial charge is 0.271 e. The summed E-state index contributed by atoms with van der Waals surface area (Å²) in [7, 11) is 0. The van der Waals surface area contributed by atoms with Gasteiger partial charge in [-0.1, -0.05) is 42.5 Å². The number of hydrogen-bond donors (Lipinski definition) is 0. The number of carbonyl (C=O) groups excluding carboxylic acids is 2. The lowest BCUT2D eigenvalue weighted by molar-refractivity contribution is -0.140. The van der Waals surface area contributed by atoms with Crippen LogP contribution in [0.1, 0.15) is 18.7 Å². The molecule has 0 N–H and O–H groups in total. The predicted molar refractivity (Wildman–Crippen MR) is 126 cm³/mol. The van der Waals surface area contributed by atoms with Gasteiger partial charge in [0.05, 0.1) is 4.70 Å². The molecule has 2 amide bonds. The van der Waals surface area contributed by atoms with Crippen LogP contribution >= 0.6 is 11.3 Å². The lowest BCUT2D eigenvalue weighted by Gasteiger charge is -2.26. The van der Waals surface area contributed by atoms with Crippen LogP contribution in [0.2, 0.25) is 0 Å². The van der Waals surface area contributed by atoms with Crippen LogP contribution in [0.5, 0.6) is 0 Å². The highest BCUT2D eigenvalue weighted by molar-refractivity contribution is 7.19. The number of imide groups is 1. The van der Waals surface area contributed by atoms with E-state index in [0.29, 0.717) is 11.1 Å². The van der Waals surface area contributed by atoms with Gasteiger partial charge in [0, 0.05) is 28.6 Å². The van der Waals surface area contributed by atoms with Crippen LogP contribution in [0, 0.1) is 11.3 Å². The van der Waals surface area contributed by atoms with Crippen LogP contribution in [-0.2, 0) is 9.59 Å². The molecule has 6 heteroatoms. The van der Waals surface area contributed by atoms with Crippen LogP contribution < -0.4 is 0 Å². The summed E-state index contributed by atoms with van der Waals surface area (Å²) in [5.41, 5.74) is 2.55. The van der Waals surface area contributed by atoms with Gasteiger partial charge in [-0.05, 0) is 42.3 Å². The first-order valence-electron chi connectivity index (χ1n) is 10.2. The van der Waals surface area contributed by atoms with Gasteiger partial charge in [-0.2, -0.15) is 5.26 Å². The molecule has 2 aromatic carbocycles. The van der Waals surface area contributed by atoms with E-state index >= 15 is 0 Å². The first-order chi connectivity index (χ1) is 15.5. The molecule has 0 radical (unpaired) electrons. The molecule has 1 aliphatic rings. The minimum atomic E-state index is -0.533. The highest BCUT2D eigenvalue weighted by Crippen LogP contribution is 2.38. The first kappa shape index (κ1) is 20.0. The van der Waals surface area contributed by atoms with Crippen LogP contribution in [0.3, 0.4) is 0 Å². The van der Waals surface area contributed by atoms with Gasteiger partial charge in [0.15, 0.2) is 0 Å². The van der Waals surface area contributed by atoms with E-state index < -0.39 is 5.91 Å². The fourth-order valence-corrected chi connectivity index (χ4v) is 5.02. The molecule has 0 bridgehead atoms. The molecule has 0 saturated carbocycles. The van der Waals surface area contributed by atoms with E-state index in [9.17, 15) is 14.9 Å². The Balaban J connectivity index is 1.57. The van der Waals surface area contributed by atoms with Crippen LogP contribution in [0.15, 0.2) is 75.7 Å². The second kappa shape index (κ2) is 7.63. The van der Waals surface area contributed by atoms with Crippen molar-refractivity contribution in [3.05, 3.63) is 76.2 Å². The quantitative estimate of drug-likeness (QED) is 0.294. The Morgan fingerprint density at radius 3 is 2.62 bits per heavy atom. The minimum absolute atomic E-state index is 0.0104. The Morgan fingerprint density at radius 2 is 1.88 bits per heavy atom. The maximum absolute atomic E-state index is 12.8. The van der Waals surface area contributed by atoms with Crippen LogP contribution in [0.4, 0.5) is 0 Å². The van der Waals surface area contributed by atoms with Crippen molar-refractivity contribution in [1.82, 2.24) is 4.90 Å². The molecule has 32 heavy (non-hydrogen) atoms. The molecular formula is C26H18N2O3S. The summed E-state index contributed by atoms with van der Waals surface area (Å²) < 4.78 is 7.12. The molecule has 0 fully saturated rings. The Hall–Kier alpha value is -3.95. The Labute approximate surface area is 188 Å². The first-order valence-corrected chi connectivity index (χ1v) is 11.0. The van der Waals surface area contributed by atoms with Crippen LogP contribution in [0.25, 0.3) is 38.5 Å². The lowest BCUT2D eigenvalue weighted by atomic mass is 9.95. The van der Waals surface area contributed by atoms with Gasteiger partial charge in [-0.15, -0.1) is 11.3 Å². The number of hydrogen-bond acceptors (Lipinski definition) is 5. The normalized spacial score (nSPS) is 15.9. The fraction of sp³-hybridized carbons (Fsp3) is 0.115. The number of furan rings is 1. The number of rotatable bonds is 3. The van der Waals surface area contributed by atoms with E-state index in [1.54, 1.807) is 19.9 Å². The highest BCUT2D eigenvalue weighted by Gasteiger charge is 2.34. The molecular weight excluding hydrogens is 420 g/mol. The van der Waals surface area contributed by atoms with Crippen molar-refractivity contribution in [3.63, 3.8) is 0 Å². The number of likely N-dealkylation sites (N-methyl/N-ethyl adjacent to an activating group) is 1. The lowest BCUT2D eigenvalue weighted by Crippen LogP contribution is -2.42. The fourth-order valence-electron chi connectivity index (χ4n) is 4.06. The third-order valence-electron chi connectivity index (χ3n) is 5.71. The molecule has 0 saturated heterocycles. The van der Waals surface area contributed by atoms with Crippen molar-refractivity contribution in [2.24, 2.45) is 0 Å². The van der Waals surface area contributed by atoms with Crippen molar-refractivity contribution in [3.8, 4) is 17.4 Å². The summed E-state index contributed by atoms with van der Waals surface area (Å²) in [6.07, 6.45) is 1.74. The second-order valence-corrected chi connectivity index (χ2v) is 8.65. The van der Waals surface area contributed by atoms with Gasteiger partial charge in [0.25, 0.3) is 11.8 Å². The maximum Gasteiger partial charge on any atom is 0.271 e. The number of nitrogens with zero attached hydrogens (tertiary/aromatic N) is 2. The van der Waals surface area contributed by atoms with Gasteiger partial charge in [-0.3, -0.25) is 14.5 Å². The third kappa shape index (κ3) is 3.06. The average Bonchev–Trinajstić information content (AvgIpc) is 3.36. The van der Waals surface area contributed by atoms with Crippen molar-refractivity contribution in [1.29, 1.82) is 5.26 Å².